The summed E-state index contributed by atoms with van der Waals surface area (Å²) < 4.78 is 1.61. The van der Waals surface area contributed by atoms with Crippen molar-refractivity contribution in [2.45, 2.75) is 32.4 Å². The van der Waals surface area contributed by atoms with E-state index in [0.717, 1.165) is 5.56 Å². The van der Waals surface area contributed by atoms with Gasteiger partial charge < -0.3 is 15.7 Å². The highest BCUT2D eigenvalue weighted by Gasteiger charge is 2.25. The number of nitrogens with one attached hydrogen (secondary N) is 2. The molecule has 0 radical (unpaired) electrons. The largest absolute Gasteiger partial charge is 0.383 e. The van der Waals surface area contributed by atoms with Gasteiger partial charge in [0.05, 0.1) is 18.8 Å². The van der Waals surface area contributed by atoms with Crippen LogP contribution in [0.5, 0.6) is 0 Å². The first-order valence-electron chi connectivity index (χ1n) is 7.60. The number of hydrogen-bond acceptors (Lipinski definition) is 3. The van der Waals surface area contributed by atoms with Gasteiger partial charge in [-0.2, -0.15) is 5.10 Å². The van der Waals surface area contributed by atoms with Crippen molar-refractivity contribution >= 4 is 6.03 Å². The predicted molar refractivity (Wildman–Crippen MR) is 88.9 cm³/mol. The van der Waals surface area contributed by atoms with Crippen LogP contribution in [0.4, 0.5) is 4.79 Å². The van der Waals surface area contributed by atoms with Crippen LogP contribution in [0.2, 0.25) is 0 Å². The van der Waals surface area contributed by atoms with E-state index in [4.69, 9.17) is 0 Å². The normalized spacial score (nSPS) is 14.8. The second kappa shape index (κ2) is 6.83. The summed E-state index contributed by atoms with van der Waals surface area (Å²) in [6.45, 7) is 5.69. The molecule has 2 aromatic rings. The molecule has 0 aliphatic rings. The summed E-state index contributed by atoms with van der Waals surface area (Å²) in [6.07, 6.45) is 3.32. The van der Waals surface area contributed by atoms with E-state index in [-0.39, 0.29) is 18.6 Å². The van der Waals surface area contributed by atoms with E-state index in [1.54, 1.807) is 31.0 Å². The van der Waals surface area contributed by atoms with Crippen molar-refractivity contribution in [3.05, 3.63) is 53.3 Å². The summed E-state index contributed by atoms with van der Waals surface area (Å²) in [5, 5.41) is 20.0. The molecular weight excluding hydrogens is 292 g/mol. The first kappa shape index (κ1) is 17.0. The lowest BCUT2D eigenvalue weighted by Gasteiger charge is -2.23. The van der Waals surface area contributed by atoms with Gasteiger partial charge >= 0.3 is 6.03 Å². The molecule has 0 aliphatic heterocycles. The fourth-order valence-electron chi connectivity index (χ4n) is 2.24. The standard InChI is InChI=1S/C17H24N4O2/c1-12-5-7-14(8-6-12)13(2)20-16(22)18-11-17(3,23)15-9-19-21(4)10-15/h5-10,13,23H,11H2,1-4H3,(H2,18,20,22). The number of benzene rings is 1. The summed E-state index contributed by atoms with van der Waals surface area (Å²) in [5.74, 6) is 0. The van der Waals surface area contributed by atoms with E-state index in [9.17, 15) is 9.90 Å². The molecule has 0 aliphatic carbocycles. The topological polar surface area (TPSA) is 79.2 Å². The predicted octanol–water partition coefficient (Wildman–Crippen LogP) is 2.00. The van der Waals surface area contributed by atoms with Crippen LogP contribution in [-0.2, 0) is 12.6 Å². The highest BCUT2D eigenvalue weighted by Crippen LogP contribution is 2.18. The van der Waals surface area contributed by atoms with E-state index >= 15 is 0 Å². The van der Waals surface area contributed by atoms with Crippen LogP contribution < -0.4 is 10.6 Å². The van der Waals surface area contributed by atoms with E-state index in [1.165, 1.54) is 5.56 Å². The summed E-state index contributed by atoms with van der Waals surface area (Å²) in [7, 11) is 1.78. The average molecular weight is 316 g/mol. The first-order chi connectivity index (χ1) is 10.8. The average Bonchev–Trinajstić information content (AvgIpc) is 2.93. The van der Waals surface area contributed by atoms with Crippen molar-refractivity contribution in [2.24, 2.45) is 7.05 Å². The van der Waals surface area contributed by atoms with Gasteiger partial charge in [0.1, 0.15) is 5.60 Å². The second-order valence-corrected chi connectivity index (χ2v) is 6.14. The molecule has 23 heavy (non-hydrogen) atoms. The lowest BCUT2D eigenvalue weighted by molar-refractivity contribution is 0.0592. The molecule has 1 aromatic heterocycles. The van der Waals surface area contributed by atoms with Gasteiger partial charge in [0.25, 0.3) is 0 Å². The Bertz CT molecular complexity index is 661. The van der Waals surface area contributed by atoms with Gasteiger partial charge in [-0.25, -0.2) is 4.79 Å². The van der Waals surface area contributed by atoms with Gasteiger partial charge in [0, 0.05) is 18.8 Å². The van der Waals surface area contributed by atoms with Crippen LogP contribution in [0, 0.1) is 6.92 Å². The smallest absolute Gasteiger partial charge is 0.315 e. The van der Waals surface area contributed by atoms with Crippen molar-refractivity contribution in [3.8, 4) is 0 Å². The maximum atomic E-state index is 12.0. The number of aliphatic hydroxyl groups is 1. The Balaban J connectivity index is 1.88. The number of hydrogen-bond donors (Lipinski definition) is 3. The maximum absolute atomic E-state index is 12.0. The molecule has 0 spiro atoms. The molecule has 6 nitrogen and oxygen atoms in total. The van der Waals surface area contributed by atoms with Gasteiger partial charge in [0.15, 0.2) is 0 Å². The molecule has 0 fully saturated rings. The number of carbonyl (C=O) groups excluding carboxylic acids is 1. The molecule has 2 rings (SSSR count). The maximum Gasteiger partial charge on any atom is 0.315 e. The van der Waals surface area contributed by atoms with Gasteiger partial charge in [-0.3, -0.25) is 4.68 Å². The Labute approximate surface area is 136 Å². The van der Waals surface area contributed by atoms with Crippen LogP contribution in [0.25, 0.3) is 0 Å². The summed E-state index contributed by atoms with van der Waals surface area (Å²) in [6, 6.07) is 7.58. The number of aryl methyl sites for hydroxylation is 2. The Morgan fingerprint density at radius 2 is 2.04 bits per heavy atom. The minimum atomic E-state index is -1.17. The molecule has 2 amide bonds. The van der Waals surface area contributed by atoms with E-state index in [2.05, 4.69) is 15.7 Å². The molecule has 6 heteroatoms. The molecule has 0 bridgehead atoms. The molecular formula is C17H24N4O2. The molecule has 0 saturated heterocycles. The zero-order chi connectivity index (χ0) is 17.0. The van der Waals surface area contributed by atoms with Gasteiger partial charge in [-0.1, -0.05) is 29.8 Å². The Kier molecular flexibility index (Phi) is 5.05. The molecule has 1 aromatic carbocycles. The number of carbonyl (C=O) groups is 1. The van der Waals surface area contributed by atoms with Crippen molar-refractivity contribution < 1.29 is 9.90 Å². The van der Waals surface area contributed by atoms with E-state index in [0.29, 0.717) is 5.56 Å². The molecule has 124 valence electrons. The van der Waals surface area contributed by atoms with Crippen LogP contribution in [0.1, 0.15) is 36.6 Å². The highest BCUT2D eigenvalue weighted by atomic mass is 16.3. The monoisotopic (exact) mass is 316 g/mol. The molecule has 1 heterocycles. The minimum Gasteiger partial charge on any atom is -0.383 e. The van der Waals surface area contributed by atoms with E-state index < -0.39 is 5.60 Å². The van der Waals surface area contributed by atoms with Gasteiger partial charge in [0.2, 0.25) is 0 Å². The van der Waals surface area contributed by atoms with Gasteiger partial charge in [-0.05, 0) is 26.3 Å². The number of urea groups is 1. The lowest BCUT2D eigenvalue weighted by atomic mass is 10.00. The molecule has 2 unspecified atom stereocenters. The third kappa shape index (κ3) is 4.56. The summed E-state index contributed by atoms with van der Waals surface area (Å²) in [4.78, 5) is 12.0. The molecule has 0 saturated carbocycles. The number of nitrogens with zero attached hydrogens (tertiary/aromatic N) is 2. The highest BCUT2D eigenvalue weighted by molar-refractivity contribution is 5.74. The number of aromatic nitrogens is 2. The lowest BCUT2D eigenvalue weighted by Crippen LogP contribution is -2.44. The van der Waals surface area contributed by atoms with Crippen LogP contribution in [-0.4, -0.2) is 27.5 Å². The summed E-state index contributed by atoms with van der Waals surface area (Å²) in [5.41, 5.74) is 1.70. The number of rotatable bonds is 5. The van der Waals surface area contributed by atoms with E-state index in [1.807, 2.05) is 38.1 Å². The first-order valence-corrected chi connectivity index (χ1v) is 7.60. The van der Waals surface area contributed by atoms with Crippen molar-refractivity contribution in [1.82, 2.24) is 20.4 Å². The molecule has 3 N–H and O–H groups in total. The molecule has 2 atom stereocenters. The minimum absolute atomic E-state index is 0.102. The quantitative estimate of drug-likeness (QED) is 0.789. The van der Waals surface area contributed by atoms with Crippen molar-refractivity contribution in [3.63, 3.8) is 0 Å². The number of amides is 2. The van der Waals surface area contributed by atoms with Crippen LogP contribution in [0.3, 0.4) is 0 Å². The zero-order valence-electron chi connectivity index (χ0n) is 14.0. The van der Waals surface area contributed by atoms with Gasteiger partial charge in [-0.15, -0.1) is 0 Å². The third-order valence-corrected chi connectivity index (χ3v) is 3.84. The van der Waals surface area contributed by atoms with Crippen molar-refractivity contribution in [2.75, 3.05) is 6.54 Å². The Hall–Kier alpha value is -2.34. The summed E-state index contributed by atoms with van der Waals surface area (Å²) >= 11 is 0. The van der Waals surface area contributed by atoms with Crippen LogP contribution >= 0.6 is 0 Å². The zero-order valence-corrected chi connectivity index (χ0v) is 14.0. The fourth-order valence-corrected chi connectivity index (χ4v) is 2.24. The Morgan fingerprint density at radius 3 is 2.61 bits per heavy atom. The fraction of sp³-hybridized carbons (Fsp3) is 0.412. The SMILES string of the molecule is Cc1ccc(C(C)NC(=O)NCC(C)(O)c2cnn(C)c2)cc1. The second-order valence-electron chi connectivity index (χ2n) is 6.14. The Morgan fingerprint density at radius 1 is 1.39 bits per heavy atom. The van der Waals surface area contributed by atoms with Crippen molar-refractivity contribution in [1.29, 1.82) is 0 Å². The van der Waals surface area contributed by atoms with Crippen LogP contribution in [0.15, 0.2) is 36.7 Å². The third-order valence-electron chi connectivity index (χ3n) is 3.84.